The van der Waals surface area contributed by atoms with E-state index in [-0.39, 0.29) is 52.4 Å². The Labute approximate surface area is 229 Å². The molecule has 0 aromatic carbocycles. The van der Waals surface area contributed by atoms with Crippen LogP contribution in [0.1, 0.15) is 40.8 Å². The zero-order valence-electron chi connectivity index (χ0n) is 21.7. The highest BCUT2D eigenvalue weighted by molar-refractivity contribution is 8.13. The van der Waals surface area contributed by atoms with Crippen molar-refractivity contribution in [2.45, 2.75) is 64.7 Å². The molecule has 2 aromatic heterocycles. The minimum absolute atomic E-state index is 0.0157. The van der Waals surface area contributed by atoms with E-state index in [4.69, 9.17) is 31.1 Å². The van der Waals surface area contributed by atoms with Crippen LogP contribution < -0.4 is 10.8 Å². The van der Waals surface area contributed by atoms with Crippen LogP contribution in [0.2, 0.25) is 5.15 Å². The third-order valence-corrected chi connectivity index (χ3v) is 9.05. The predicted octanol–water partition coefficient (Wildman–Crippen LogP) is 1.49. The van der Waals surface area contributed by atoms with Gasteiger partial charge >= 0.3 is 7.75 Å². The molecule has 5 atom stereocenters. The van der Waals surface area contributed by atoms with Gasteiger partial charge in [0.15, 0.2) is 22.1 Å². The number of aliphatic hydroxyl groups is 3. The Morgan fingerprint density at radius 3 is 2.74 bits per heavy atom. The number of nitrogens with two attached hydrogens (primary N) is 1. The number of nitrogens with zero attached hydrogens (tertiary/aromatic N) is 4. The molecule has 0 bridgehead atoms. The lowest BCUT2D eigenvalue weighted by Crippen LogP contribution is -2.44. The molecule has 1 fully saturated rings. The van der Waals surface area contributed by atoms with Crippen LogP contribution in [0.4, 0.5) is 5.95 Å². The summed E-state index contributed by atoms with van der Waals surface area (Å²) in [6.07, 6.45) is -2.42. The van der Waals surface area contributed by atoms with Crippen LogP contribution in [0.3, 0.4) is 0 Å². The van der Waals surface area contributed by atoms with Gasteiger partial charge in [-0.1, -0.05) is 23.4 Å². The summed E-state index contributed by atoms with van der Waals surface area (Å²) in [5.41, 5.74) is 3.38. The van der Waals surface area contributed by atoms with Crippen LogP contribution in [0.25, 0.3) is 11.2 Å². The maximum Gasteiger partial charge on any atom is 0.405 e. The maximum atomic E-state index is 13.4. The number of thioether (sulfide) groups is 1. The van der Waals surface area contributed by atoms with Crippen molar-refractivity contribution in [1.29, 1.82) is 0 Å². The van der Waals surface area contributed by atoms with E-state index in [1.165, 1.54) is 17.8 Å². The third-order valence-electron chi connectivity index (χ3n) is 5.75. The molecule has 2 aromatic rings. The first-order chi connectivity index (χ1) is 17.6. The summed E-state index contributed by atoms with van der Waals surface area (Å²) >= 11 is 7.04. The van der Waals surface area contributed by atoms with Crippen molar-refractivity contribution in [1.82, 2.24) is 24.6 Å². The summed E-state index contributed by atoms with van der Waals surface area (Å²) in [6, 6.07) is -0.291. The monoisotopic (exact) mass is 596 g/mol. The van der Waals surface area contributed by atoms with Gasteiger partial charge in [-0.25, -0.2) is 14.6 Å². The molecule has 1 aliphatic heterocycles. The highest BCUT2D eigenvalue weighted by Gasteiger charge is 2.54. The molecule has 0 radical (unpaired) electrons. The number of hydrogen-bond donors (Lipinski definition) is 5. The van der Waals surface area contributed by atoms with Gasteiger partial charge in [-0.2, -0.15) is 9.97 Å². The Balaban J connectivity index is 1.69. The average Bonchev–Trinajstić information content (AvgIpc) is 3.33. The normalized spacial score (nSPS) is 25.8. The lowest BCUT2D eigenvalue weighted by Gasteiger charge is -2.27. The Hall–Kier alpha value is -1.39. The lowest BCUT2D eigenvalue weighted by molar-refractivity contribution is -0.119. The van der Waals surface area contributed by atoms with Gasteiger partial charge in [-0.05, 0) is 34.6 Å². The molecule has 38 heavy (non-hydrogen) atoms. The van der Waals surface area contributed by atoms with Crippen molar-refractivity contribution in [2.75, 3.05) is 31.3 Å². The van der Waals surface area contributed by atoms with E-state index in [9.17, 15) is 24.7 Å². The summed E-state index contributed by atoms with van der Waals surface area (Å²) in [5.74, 6) is 0.0654. The molecule has 3 unspecified atom stereocenters. The van der Waals surface area contributed by atoms with Gasteiger partial charge in [0.25, 0.3) is 0 Å². The highest BCUT2D eigenvalue weighted by Crippen LogP contribution is 2.47. The molecule has 214 valence electrons. The number of hydrogen-bond acceptors (Lipinski definition) is 13. The SMILES string of the molecule is CC(C)NP(=O)(OCCSC(=O)C(C)(C)CO)OC[C@H]1O[C@@H](n2cnc3c(Cl)nc(N)nc32)C(C)(O)C1O. The van der Waals surface area contributed by atoms with E-state index < -0.39 is 43.8 Å². The molecule has 0 spiro atoms. The second kappa shape index (κ2) is 12.0. The van der Waals surface area contributed by atoms with Crippen molar-refractivity contribution in [3.8, 4) is 0 Å². The quantitative estimate of drug-likeness (QED) is 0.134. The smallest absolute Gasteiger partial charge is 0.395 e. The number of carbonyl (C=O) groups is 1. The maximum absolute atomic E-state index is 13.4. The van der Waals surface area contributed by atoms with Crippen LogP contribution >= 0.6 is 31.1 Å². The van der Waals surface area contributed by atoms with Crippen LogP contribution in [-0.2, 0) is 23.1 Å². The van der Waals surface area contributed by atoms with Gasteiger partial charge in [0, 0.05) is 11.8 Å². The first-order valence-corrected chi connectivity index (χ1v) is 14.7. The topological polar surface area (TPSA) is 204 Å². The van der Waals surface area contributed by atoms with E-state index in [1.54, 1.807) is 27.7 Å². The Kier molecular flexibility index (Phi) is 9.84. The van der Waals surface area contributed by atoms with Crippen LogP contribution in [0.5, 0.6) is 0 Å². The van der Waals surface area contributed by atoms with Gasteiger partial charge in [-0.3, -0.25) is 18.4 Å². The average molecular weight is 597 g/mol. The number of aromatic nitrogens is 4. The minimum atomic E-state index is -3.91. The number of carbonyl (C=O) groups excluding carboxylic acids is 1. The largest absolute Gasteiger partial charge is 0.405 e. The summed E-state index contributed by atoms with van der Waals surface area (Å²) in [7, 11) is -3.91. The Bertz CT molecular complexity index is 1200. The van der Waals surface area contributed by atoms with Gasteiger partial charge in [-0.15, -0.1) is 0 Å². The second-order valence-corrected chi connectivity index (χ2v) is 13.2. The van der Waals surface area contributed by atoms with Gasteiger partial charge in [0.1, 0.15) is 23.3 Å². The van der Waals surface area contributed by atoms with Crippen molar-refractivity contribution in [3.05, 3.63) is 11.5 Å². The molecule has 0 aliphatic carbocycles. The van der Waals surface area contributed by atoms with Crippen LogP contribution in [0.15, 0.2) is 6.33 Å². The summed E-state index contributed by atoms with van der Waals surface area (Å²) in [5, 5.41) is 33.8. The Morgan fingerprint density at radius 1 is 1.42 bits per heavy atom. The van der Waals surface area contributed by atoms with Crippen LogP contribution in [-0.4, -0.2) is 89.4 Å². The molecule has 0 saturated carbocycles. The van der Waals surface area contributed by atoms with Crippen molar-refractivity contribution >= 4 is 53.3 Å². The molecule has 3 rings (SSSR count). The van der Waals surface area contributed by atoms with Crippen molar-refractivity contribution in [3.63, 3.8) is 0 Å². The number of nitrogen functional groups attached to an aromatic ring is 1. The zero-order valence-corrected chi connectivity index (χ0v) is 24.2. The Morgan fingerprint density at radius 2 is 2.11 bits per heavy atom. The second-order valence-electron chi connectivity index (χ2n) is 9.98. The number of ether oxygens (including phenoxy) is 1. The lowest BCUT2D eigenvalue weighted by atomic mass is 9.96. The molecule has 14 nitrogen and oxygen atoms in total. The van der Waals surface area contributed by atoms with Crippen molar-refractivity contribution < 1.29 is 38.5 Å². The van der Waals surface area contributed by atoms with Gasteiger partial charge in [0.2, 0.25) is 5.95 Å². The van der Waals surface area contributed by atoms with Gasteiger partial charge in [0.05, 0.1) is 31.6 Å². The number of halogens is 1. The number of rotatable bonds is 12. The molecule has 1 saturated heterocycles. The molecule has 6 N–H and O–H groups in total. The summed E-state index contributed by atoms with van der Waals surface area (Å²) in [6.45, 7) is 7.30. The molecular weight excluding hydrogens is 563 g/mol. The summed E-state index contributed by atoms with van der Waals surface area (Å²) in [4.78, 5) is 24.3. The van der Waals surface area contributed by atoms with E-state index in [0.717, 1.165) is 11.8 Å². The first-order valence-electron chi connectivity index (χ1n) is 11.8. The summed E-state index contributed by atoms with van der Waals surface area (Å²) < 4.78 is 31.7. The van der Waals surface area contributed by atoms with E-state index in [1.807, 2.05) is 0 Å². The highest BCUT2D eigenvalue weighted by atomic mass is 35.5. The van der Waals surface area contributed by atoms with Crippen molar-refractivity contribution in [2.24, 2.45) is 5.41 Å². The standard InChI is InChI=1S/C21H34ClN6O8PS/c1-11(2)27-37(33,34-6-7-38-18(31)20(3,4)9-29)35-8-12-14(30)21(5,32)17(36-12)28-10-24-13-15(22)25-19(23)26-16(13)28/h10-12,14,17,29-30,32H,6-9H2,1-5H3,(H,27,33)(H2,23,25,26)/t12-,14?,17-,21?,37?/m1/s1. The molecule has 0 amide bonds. The number of aliphatic hydroxyl groups excluding tert-OH is 2. The number of imidazole rings is 1. The number of nitrogens with one attached hydrogen (secondary N) is 1. The molecular formula is C21H34ClN6O8PS. The van der Waals surface area contributed by atoms with E-state index in [0.29, 0.717) is 0 Å². The molecule has 17 heteroatoms. The first kappa shape index (κ1) is 31.1. The fraction of sp³-hybridized carbons (Fsp3) is 0.714. The predicted molar refractivity (Wildman–Crippen MR) is 141 cm³/mol. The van der Waals surface area contributed by atoms with E-state index >= 15 is 0 Å². The fourth-order valence-corrected chi connectivity index (χ4v) is 6.28. The minimum Gasteiger partial charge on any atom is -0.395 e. The molecule has 1 aliphatic rings. The van der Waals surface area contributed by atoms with E-state index in [2.05, 4.69) is 20.0 Å². The fourth-order valence-electron chi connectivity index (χ4n) is 3.60. The zero-order chi connectivity index (χ0) is 28.5. The van der Waals surface area contributed by atoms with Crippen LogP contribution in [0, 0.1) is 5.41 Å². The third kappa shape index (κ3) is 6.84. The van der Waals surface area contributed by atoms with Gasteiger partial charge < -0.3 is 25.8 Å². The number of anilines is 1. The molecule has 3 heterocycles. The number of fused-ring (bicyclic) bond motifs is 1.